The van der Waals surface area contributed by atoms with Crippen molar-refractivity contribution in [2.45, 2.75) is 31.2 Å². The zero-order valence-electron chi connectivity index (χ0n) is 18.5. The van der Waals surface area contributed by atoms with Crippen LogP contribution < -0.4 is 10.6 Å². The van der Waals surface area contributed by atoms with Gasteiger partial charge in [0.1, 0.15) is 6.61 Å². The van der Waals surface area contributed by atoms with Crippen LogP contribution in [0.25, 0.3) is 11.1 Å². The minimum Gasteiger partial charge on any atom is -0.479 e. The maximum atomic E-state index is 12.4. The second-order valence-electron chi connectivity index (χ2n) is 8.62. The third kappa shape index (κ3) is 4.71. The van der Waals surface area contributed by atoms with Crippen molar-refractivity contribution in [3.05, 3.63) is 59.7 Å². The summed E-state index contributed by atoms with van der Waals surface area (Å²) in [6.07, 6.45) is 0.0430. The molecule has 2 atom stereocenters. The van der Waals surface area contributed by atoms with Gasteiger partial charge in [-0.25, -0.2) is 9.59 Å². The zero-order chi connectivity index (χ0) is 23.4. The van der Waals surface area contributed by atoms with Gasteiger partial charge in [-0.1, -0.05) is 55.5 Å². The molecule has 33 heavy (non-hydrogen) atoms. The Morgan fingerprint density at radius 3 is 2.33 bits per heavy atom. The van der Waals surface area contributed by atoms with Crippen LogP contribution in [0.1, 0.15) is 36.8 Å². The molecule has 1 aliphatic heterocycles. The van der Waals surface area contributed by atoms with Crippen LogP contribution in [0.3, 0.4) is 0 Å². The summed E-state index contributed by atoms with van der Waals surface area (Å²) in [4.78, 5) is 36.3. The predicted octanol–water partition coefficient (Wildman–Crippen LogP) is 2.91. The molecule has 2 aromatic carbocycles. The number of carbonyl (C=O) groups excluding carboxylic acids is 2. The Morgan fingerprint density at radius 2 is 1.76 bits per heavy atom. The van der Waals surface area contributed by atoms with E-state index in [-0.39, 0.29) is 38.0 Å². The molecule has 2 amide bonds. The number of benzene rings is 2. The Morgan fingerprint density at radius 1 is 1.12 bits per heavy atom. The Hall–Kier alpha value is -3.39. The molecule has 1 aliphatic carbocycles. The van der Waals surface area contributed by atoms with E-state index in [1.807, 2.05) is 24.3 Å². The van der Waals surface area contributed by atoms with E-state index in [9.17, 15) is 19.5 Å². The minimum atomic E-state index is -1.37. The van der Waals surface area contributed by atoms with Crippen LogP contribution in [0.2, 0.25) is 0 Å². The van der Waals surface area contributed by atoms with Crippen LogP contribution in [0, 0.1) is 5.92 Å². The molecule has 0 radical (unpaired) electrons. The number of carboxylic acids is 1. The lowest BCUT2D eigenvalue weighted by atomic mass is 9.97. The Balaban J connectivity index is 1.25. The Labute approximate surface area is 192 Å². The number of hydrogen-bond donors (Lipinski definition) is 3. The molecule has 2 aromatic rings. The number of nitrogens with one attached hydrogen (secondary N) is 2. The number of ether oxygens (including phenoxy) is 2. The van der Waals surface area contributed by atoms with E-state index < -0.39 is 23.5 Å². The number of hydrogen-bond acceptors (Lipinski definition) is 5. The Kier molecular flexibility index (Phi) is 6.65. The molecule has 174 valence electrons. The van der Waals surface area contributed by atoms with Crippen LogP contribution in [0.15, 0.2) is 48.5 Å². The second-order valence-corrected chi connectivity index (χ2v) is 8.62. The molecule has 1 heterocycles. The van der Waals surface area contributed by atoms with Gasteiger partial charge >= 0.3 is 12.1 Å². The van der Waals surface area contributed by atoms with E-state index in [0.717, 1.165) is 22.3 Å². The van der Waals surface area contributed by atoms with Crippen LogP contribution in [0.5, 0.6) is 0 Å². The zero-order valence-corrected chi connectivity index (χ0v) is 18.5. The summed E-state index contributed by atoms with van der Waals surface area (Å²) in [6, 6.07) is 16.2. The topological polar surface area (TPSA) is 114 Å². The van der Waals surface area contributed by atoms with Gasteiger partial charge in [-0.3, -0.25) is 4.79 Å². The highest BCUT2D eigenvalue weighted by atomic mass is 16.5. The SMILES string of the molecule is CC(CCNC(=O)OCC1c2ccccc2-c2ccccc21)C(=O)NC1(C(=O)O)CCOC1. The van der Waals surface area contributed by atoms with E-state index in [4.69, 9.17) is 9.47 Å². The predicted molar refractivity (Wildman–Crippen MR) is 121 cm³/mol. The van der Waals surface area contributed by atoms with Crippen molar-refractivity contribution in [1.82, 2.24) is 10.6 Å². The number of carbonyl (C=O) groups is 3. The standard InChI is InChI=1S/C25H28N2O6/c1-16(22(28)27-25(23(29)30)11-13-32-15-25)10-12-26-24(31)33-14-21-19-8-4-2-6-17(19)18-7-3-5-9-20(18)21/h2-9,16,21H,10-15H2,1H3,(H,26,31)(H,27,28)(H,29,30). The van der Waals surface area contributed by atoms with Crippen molar-refractivity contribution in [2.75, 3.05) is 26.4 Å². The normalized spacial score (nSPS) is 19.9. The van der Waals surface area contributed by atoms with Crippen molar-refractivity contribution in [3.8, 4) is 11.1 Å². The monoisotopic (exact) mass is 452 g/mol. The quantitative estimate of drug-likeness (QED) is 0.568. The first-order valence-corrected chi connectivity index (χ1v) is 11.1. The van der Waals surface area contributed by atoms with E-state index in [0.29, 0.717) is 13.0 Å². The van der Waals surface area contributed by atoms with E-state index in [1.165, 1.54) is 0 Å². The van der Waals surface area contributed by atoms with Crippen molar-refractivity contribution in [3.63, 3.8) is 0 Å². The number of rotatable bonds is 8. The summed E-state index contributed by atoms with van der Waals surface area (Å²) in [5, 5.41) is 14.7. The summed E-state index contributed by atoms with van der Waals surface area (Å²) in [5.41, 5.74) is 3.23. The van der Waals surface area contributed by atoms with Crippen molar-refractivity contribution in [2.24, 2.45) is 5.92 Å². The van der Waals surface area contributed by atoms with Crippen LogP contribution >= 0.6 is 0 Å². The maximum Gasteiger partial charge on any atom is 0.407 e. The van der Waals surface area contributed by atoms with Crippen LogP contribution in [-0.4, -0.2) is 55.0 Å². The van der Waals surface area contributed by atoms with Gasteiger partial charge in [0.15, 0.2) is 5.54 Å². The van der Waals surface area contributed by atoms with Crippen LogP contribution in [0.4, 0.5) is 4.79 Å². The number of carboxylic acid groups (broad SMARTS) is 1. The van der Waals surface area contributed by atoms with Gasteiger partial charge in [0.2, 0.25) is 5.91 Å². The fraction of sp³-hybridized carbons (Fsp3) is 0.400. The molecular weight excluding hydrogens is 424 g/mol. The molecular formula is C25H28N2O6. The van der Waals surface area contributed by atoms with Gasteiger partial charge in [0, 0.05) is 31.4 Å². The lowest BCUT2D eigenvalue weighted by Crippen LogP contribution is -2.56. The minimum absolute atomic E-state index is 0.0197. The highest BCUT2D eigenvalue weighted by molar-refractivity contribution is 5.88. The second kappa shape index (κ2) is 9.62. The fourth-order valence-electron chi connectivity index (χ4n) is 4.42. The highest BCUT2D eigenvalue weighted by Gasteiger charge is 2.44. The average Bonchev–Trinajstić information content (AvgIpc) is 3.41. The largest absolute Gasteiger partial charge is 0.479 e. The lowest BCUT2D eigenvalue weighted by molar-refractivity contribution is -0.148. The molecule has 1 fully saturated rings. The number of fused-ring (bicyclic) bond motifs is 3. The summed E-state index contributed by atoms with van der Waals surface area (Å²) in [6.45, 7) is 2.40. The van der Waals surface area contributed by atoms with E-state index >= 15 is 0 Å². The summed E-state index contributed by atoms with van der Waals surface area (Å²) in [7, 11) is 0. The fourth-order valence-corrected chi connectivity index (χ4v) is 4.42. The number of amides is 2. The Bertz CT molecular complexity index is 1000. The van der Waals surface area contributed by atoms with Gasteiger partial charge in [-0.15, -0.1) is 0 Å². The molecule has 3 N–H and O–H groups in total. The molecule has 0 saturated carbocycles. The van der Waals surface area contributed by atoms with Crippen molar-refractivity contribution in [1.29, 1.82) is 0 Å². The molecule has 2 unspecified atom stereocenters. The van der Waals surface area contributed by atoms with E-state index in [2.05, 4.69) is 34.9 Å². The third-order valence-corrected chi connectivity index (χ3v) is 6.43. The van der Waals surface area contributed by atoms with Gasteiger partial charge in [0.25, 0.3) is 0 Å². The van der Waals surface area contributed by atoms with Crippen molar-refractivity contribution >= 4 is 18.0 Å². The van der Waals surface area contributed by atoms with Crippen LogP contribution in [-0.2, 0) is 19.1 Å². The molecule has 4 rings (SSSR count). The van der Waals surface area contributed by atoms with Gasteiger partial charge in [-0.2, -0.15) is 0 Å². The van der Waals surface area contributed by atoms with Crippen molar-refractivity contribution < 1.29 is 29.0 Å². The summed E-state index contributed by atoms with van der Waals surface area (Å²) < 4.78 is 10.7. The number of alkyl carbamates (subject to hydrolysis) is 1. The maximum absolute atomic E-state index is 12.4. The molecule has 0 bridgehead atoms. The lowest BCUT2D eigenvalue weighted by Gasteiger charge is -2.25. The summed E-state index contributed by atoms with van der Waals surface area (Å²) in [5.74, 6) is -1.97. The molecule has 8 heteroatoms. The molecule has 0 aromatic heterocycles. The van der Waals surface area contributed by atoms with Gasteiger partial charge < -0.3 is 25.2 Å². The van der Waals surface area contributed by atoms with E-state index in [1.54, 1.807) is 6.92 Å². The highest BCUT2D eigenvalue weighted by Crippen LogP contribution is 2.44. The molecule has 1 saturated heterocycles. The first kappa shape index (κ1) is 22.8. The first-order chi connectivity index (χ1) is 15.9. The summed E-state index contributed by atoms with van der Waals surface area (Å²) >= 11 is 0. The average molecular weight is 453 g/mol. The molecule has 8 nitrogen and oxygen atoms in total. The smallest absolute Gasteiger partial charge is 0.407 e. The molecule has 0 spiro atoms. The first-order valence-electron chi connectivity index (χ1n) is 11.1. The number of aliphatic carboxylic acids is 1. The third-order valence-electron chi connectivity index (χ3n) is 6.43. The molecule has 2 aliphatic rings. The van der Waals surface area contributed by atoms with Gasteiger partial charge in [0.05, 0.1) is 6.61 Å². The van der Waals surface area contributed by atoms with Gasteiger partial charge in [-0.05, 0) is 28.7 Å².